The normalized spacial score (nSPS) is 14.0. The van der Waals surface area contributed by atoms with Crippen LogP contribution in [0, 0.1) is 0 Å². The van der Waals surface area contributed by atoms with Crippen molar-refractivity contribution in [2.45, 2.75) is 51.7 Å². The number of nitrogens with zero attached hydrogens (tertiary/aromatic N) is 3. The molecular formula is C32H38F3N5O2. The van der Waals surface area contributed by atoms with E-state index < -0.39 is 17.6 Å². The van der Waals surface area contributed by atoms with Crippen LogP contribution in [-0.2, 0) is 23.9 Å². The topological polar surface area (TPSA) is 77.6 Å². The number of halogens is 3. The molecule has 1 fully saturated rings. The van der Waals surface area contributed by atoms with Crippen LogP contribution in [0.2, 0.25) is 0 Å². The van der Waals surface area contributed by atoms with Crippen molar-refractivity contribution in [3.05, 3.63) is 89.1 Å². The molecule has 0 saturated carbocycles. The molecule has 0 spiro atoms. The van der Waals surface area contributed by atoms with Gasteiger partial charge in [-0.25, -0.2) is 4.98 Å². The number of amides is 2. The number of aromatic nitrogens is 1. The standard InChI is InChI=1S/C32H38F3N5O2/c1-2-3-4-17-39-18-20-40(21-19-39)30(41)16-9-24-5-7-25(8-6-24)22-36-29-15-14-28(23-37-29)38-31(42)26-10-12-27(13-11-26)32(33,34)35/h5-8,10-15,23H,2-4,9,16-22H2,1H3,(H,36,37)(H,38,42). The molecule has 1 aliphatic heterocycles. The fourth-order valence-corrected chi connectivity index (χ4v) is 4.82. The van der Waals surface area contributed by atoms with Crippen LogP contribution in [0.5, 0.6) is 0 Å². The van der Waals surface area contributed by atoms with Gasteiger partial charge in [-0.1, -0.05) is 44.0 Å². The van der Waals surface area contributed by atoms with Gasteiger partial charge in [0.1, 0.15) is 5.82 Å². The Hall–Kier alpha value is -3.92. The molecule has 2 aromatic carbocycles. The summed E-state index contributed by atoms with van der Waals surface area (Å²) in [6.45, 7) is 7.45. The Labute approximate surface area is 245 Å². The molecule has 0 bridgehead atoms. The molecule has 10 heteroatoms. The van der Waals surface area contributed by atoms with E-state index in [2.05, 4.69) is 27.4 Å². The van der Waals surface area contributed by atoms with Crippen LogP contribution in [0.15, 0.2) is 66.9 Å². The molecule has 0 atom stereocenters. The lowest BCUT2D eigenvalue weighted by Crippen LogP contribution is -2.48. The summed E-state index contributed by atoms with van der Waals surface area (Å²) in [6.07, 6.45) is 1.98. The van der Waals surface area contributed by atoms with Gasteiger partial charge in [0.2, 0.25) is 5.91 Å². The van der Waals surface area contributed by atoms with Crippen LogP contribution in [0.3, 0.4) is 0 Å². The SMILES string of the molecule is CCCCCN1CCN(C(=O)CCc2ccc(CNc3ccc(NC(=O)c4ccc(C(F)(F)F)cc4)cn3)cc2)CC1. The minimum atomic E-state index is -4.45. The third-order valence-corrected chi connectivity index (χ3v) is 7.42. The summed E-state index contributed by atoms with van der Waals surface area (Å²) in [7, 11) is 0. The third kappa shape index (κ3) is 9.30. The van der Waals surface area contributed by atoms with Crippen LogP contribution in [0.1, 0.15) is 59.7 Å². The minimum absolute atomic E-state index is 0.119. The van der Waals surface area contributed by atoms with Gasteiger partial charge < -0.3 is 15.5 Å². The first-order valence-corrected chi connectivity index (χ1v) is 14.5. The molecule has 1 saturated heterocycles. The zero-order valence-corrected chi connectivity index (χ0v) is 23.9. The molecule has 0 radical (unpaired) electrons. The van der Waals surface area contributed by atoms with Gasteiger partial charge in [-0.2, -0.15) is 13.2 Å². The number of benzene rings is 2. The molecule has 4 rings (SSSR count). The maximum atomic E-state index is 12.7. The Bertz CT molecular complexity index is 1290. The molecule has 0 unspecified atom stereocenters. The first kappa shape index (κ1) is 31.0. The lowest BCUT2D eigenvalue weighted by molar-refractivity contribution is -0.137. The Morgan fingerprint density at radius 2 is 1.57 bits per heavy atom. The van der Waals surface area contributed by atoms with Gasteiger partial charge in [0.05, 0.1) is 17.4 Å². The number of anilines is 2. The maximum absolute atomic E-state index is 12.7. The highest BCUT2D eigenvalue weighted by Gasteiger charge is 2.30. The highest BCUT2D eigenvalue weighted by Crippen LogP contribution is 2.29. The number of aryl methyl sites for hydroxylation is 1. The van der Waals surface area contributed by atoms with Gasteiger partial charge in [-0.05, 0) is 66.9 Å². The number of alkyl halides is 3. The third-order valence-electron chi connectivity index (χ3n) is 7.42. The number of hydrogen-bond acceptors (Lipinski definition) is 5. The summed E-state index contributed by atoms with van der Waals surface area (Å²) in [5, 5.41) is 5.87. The molecule has 0 aliphatic carbocycles. The van der Waals surface area contributed by atoms with Gasteiger partial charge >= 0.3 is 6.18 Å². The van der Waals surface area contributed by atoms with E-state index >= 15 is 0 Å². The number of carbonyl (C=O) groups excluding carboxylic acids is 2. The highest BCUT2D eigenvalue weighted by atomic mass is 19.4. The van der Waals surface area contributed by atoms with Crippen molar-refractivity contribution in [2.75, 3.05) is 43.4 Å². The summed E-state index contributed by atoms with van der Waals surface area (Å²) in [6, 6.07) is 15.6. The van der Waals surface area contributed by atoms with Crippen LogP contribution in [-0.4, -0.2) is 59.3 Å². The largest absolute Gasteiger partial charge is 0.416 e. The molecule has 3 aromatic rings. The summed E-state index contributed by atoms with van der Waals surface area (Å²) in [4.78, 5) is 33.8. The summed E-state index contributed by atoms with van der Waals surface area (Å²) >= 11 is 0. The monoisotopic (exact) mass is 581 g/mol. The van der Waals surface area contributed by atoms with Gasteiger partial charge in [0.15, 0.2) is 0 Å². The van der Waals surface area contributed by atoms with E-state index in [0.29, 0.717) is 30.9 Å². The number of piperazine rings is 1. The van der Waals surface area contributed by atoms with Crippen molar-refractivity contribution in [3.8, 4) is 0 Å². The minimum Gasteiger partial charge on any atom is -0.366 e. The fraction of sp³-hybridized carbons (Fsp3) is 0.406. The Morgan fingerprint density at radius 3 is 2.19 bits per heavy atom. The van der Waals surface area contributed by atoms with Crippen molar-refractivity contribution in [1.29, 1.82) is 0 Å². The summed E-state index contributed by atoms with van der Waals surface area (Å²) < 4.78 is 38.2. The van der Waals surface area contributed by atoms with Crippen molar-refractivity contribution in [3.63, 3.8) is 0 Å². The van der Waals surface area contributed by atoms with E-state index in [1.54, 1.807) is 12.1 Å². The molecule has 224 valence electrons. The predicted octanol–water partition coefficient (Wildman–Crippen LogP) is 6.23. The second kappa shape index (κ2) is 14.8. The number of hydrogen-bond donors (Lipinski definition) is 2. The highest BCUT2D eigenvalue weighted by molar-refractivity contribution is 6.04. The summed E-state index contributed by atoms with van der Waals surface area (Å²) in [5.41, 5.74) is 1.92. The molecule has 1 aromatic heterocycles. The molecular weight excluding hydrogens is 543 g/mol. The van der Waals surface area contributed by atoms with Gasteiger partial charge in [-0.15, -0.1) is 0 Å². The molecule has 7 nitrogen and oxygen atoms in total. The number of unbranched alkanes of at least 4 members (excludes halogenated alkanes) is 2. The second-order valence-corrected chi connectivity index (χ2v) is 10.6. The van der Waals surface area contributed by atoms with Crippen molar-refractivity contribution < 1.29 is 22.8 Å². The van der Waals surface area contributed by atoms with Gasteiger partial charge in [0.25, 0.3) is 5.91 Å². The fourth-order valence-electron chi connectivity index (χ4n) is 4.82. The quantitative estimate of drug-likeness (QED) is 0.248. The Kier molecular flexibility index (Phi) is 10.9. The zero-order valence-electron chi connectivity index (χ0n) is 23.9. The molecule has 2 amide bonds. The van der Waals surface area contributed by atoms with E-state index in [4.69, 9.17) is 0 Å². The Balaban J connectivity index is 1.17. The molecule has 2 heterocycles. The zero-order chi connectivity index (χ0) is 30.0. The van der Waals surface area contributed by atoms with Crippen molar-refractivity contribution in [2.24, 2.45) is 0 Å². The van der Waals surface area contributed by atoms with E-state index in [1.807, 2.05) is 29.2 Å². The average Bonchev–Trinajstić information content (AvgIpc) is 3.00. The van der Waals surface area contributed by atoms with E-state index in [-0.39, 0.29) is 11.5 Å². The molecule has 1 aliphatic rings. The number of carbonyl (C=O) groups is 2. The smallest absolute Gasteiger partial charge is 0.366 e. The lowest BCUT2D eigenvalue weighted by atomic mass is 10.1. The maximum Gasteiger partial charge on any atom is 0.416 e. The van der Waals surface area contributed by atoms with Gasteiger partial charge in [-0.3, -0.25) is 14.5 Å². The van der Waals surface area contributed by atoms with E-state index in [1.165, 1.54) is 25.5 Å². The predicted molar refractivity (Wildman–Crippen MR) is 158 cm³/mol. The Morgan fingerprint density at radius 1 is 0.881 bits per heavy atom. The second-order valence-electron chi connectivity index (χ2n) is 10.6. The lowest BCUT2D eigenvalue weighted by Gasteiger charge is -2.34. The number of pyridine rings is 1. The van der Waals surface area contributed by atoms with E-state index in [9.17, 15) is 22.8 Å². The first-order valence-electron chi connectivity index (χ1n) is 14.5. The van der Waals surface area contributed by atoms with E-state index in [0.717, 1.165) is 68.1 Å². The van der Waals surface area contributed by atoms with Crippen LogP contribution in [0.25, 0.3) is 0 Å². The van der Waals surface area contributed by atoms with Crippen molar-refractivity contribution >= 4 is 23.3 Å². The molecule has 2 N–H and O–H groups in total. The number of rotatable bonds is 12. The van der Waals surface area contributed by atoms with Crippen LogP contribution in [0.4, 0.5) is 24.7 Å². The summed E-state index contributed by atoms with van der Waals surface area (Å²) in [5.74, 6) is 0.315. The number of nitrogens with one attached hydrogen (secondary N) is 2. The first-order chi connectivity index (χ1) is 20.2. The van der Waals surface area contributed by atoms with Crippen LogP contribution >= 0.6 is 0 Å². The van der Waals surface area contributed by atoms with Crippen molar-refractivity contribution in [1.82, 2.24) is 14.8 Å². The average molecular weight is 582 g/mol. The molecule has 42 heavy (non-hydrogen) atoms. The van der Waals surface area contributed by atoms with Crippen LogP contribution < -0.4 is 10.6 Å². The van der Waals surface area contributed by atoms with Gasteiger partial charge in [0, 0.05) is 44.7 Å².